The normalized spacial score (nSPS) is 19.0. The van der Waals surface area contributed by atoms with Gasteiger partial charge in [0.25, 0.3) is 0 Å². The summed E-state index contributed by atoms with van der Waals surface area (Å²) in [5.41, 5.74) is 1.77. The first-order valence-corrected chi connectivity index (χ1v) is 10.0. The number of piperazine rings is 1. The number of carbonyl (C=O) groups excluding carboxylic acids is 4. The van der Waals surface area contributed by atoms with Gasteiger partial charge in [0.1, 0.15) is 18.1 Å². The minimum atomic E-state index is -1.01. The van der Waals surface area contributed by atoms with Gasteiger partial charge in [-0.25, -0.2) is 4.79 Å². The highest BCUT2D eigenvalue weighted by atomic mass is 16.5. The Kier molecular flexibility index (Phi) is 7.37. The summed E-state index contributed by atoms with van der Waals surface area (Å²) in [7, 11) is 1.24. The largest absolute Gasteiger partial charge is 0.467 e. The fraction of sp³-hybridized carbons (Fsp3) is 0.304. The molecule has 8 nitrogen and oxygen atoms in total. The summed E-state index contributed by atoms with van der Waals surface area (Å²) < 4.78 is 4.78. The fourth-order valence-corrected chi connectivity index (χ4v) is 3.44. The molecule has 3 amide bonds. The van der Waals surface area contributed by atoms with E-state index in [1.807, 2.05) is 60.7 Å². The van der Waals surface area contributed by atoms with Gasteiger partial charge < -0.3 is 20.7 Å². The molecule has 2 aromatic carbocycles. The van der Waals surface area contributed by atoms with Crippen molar-refractivity contribution < 1.29 is 23.9 Å². The molecule has 0 bridgehead atoms. The van der Waals surface area contributed by atoms with Gasteiger partial charge in [-0.1, -0.05) is 60.7 Å². The first-order valence-electron chi connectivity index (χ1n) is 10.0. The van der Waals surface area contributed by atoms with Crippen molar-refractivity contribution in [2.24, 2.45) is 0 Å². The fourth-order valence-electron chi connectivity index (χ4n) is 3.44. The van der Waals surface area contributed by atoms with Crippen molar-refractivity contribution in [3.05, 3.63) is 71.8 Å². The number of amides is 3. The number of hydrogen-bond acceptors (Lipinski definition) is 5. The van der Waals surface area contributed by atoms with Crippen LogP contribution in [0.25, 0.3) is 0 Å². The number of nitrogens with one attached hydrogen (secondary N) is 3. The van der Waals surface area contributed by atoms with E-state index >= 15 is 0 Å². The smallest absolute Gasteiger partial charge is 0.328 e. The summed E-state index contributed by atoms with van der Waals surface area (Å²) in [6, 6.07) is 15.9. The van der Waals surface area contributed by atoms with Gasteiger partial charge in [0.15, 0.2) is 0 Å². The Balaban J connectivity index is 1.57. The lowest BCUT2D eigenvalue weighted by Gasteiger charge is -2.29. The predicted octanol–water partition coefficient (Wildman–Crippen LogP) is 0.503. The number of rotatable bonds is 8. The van der Waals surface area contributed by atoms with Crippen LogP contribution in [0, 0.1) is 0 Å². The Morgan fingerprint density at radius 2 is 1.45 bits per heavy atom. The Bertz CT molecular complexity index is 933. The highest BCUT2D eigenvalue weighted by Gasteiger charge is 2.35. The Hall–Kier alpha value is -3.68. The van der Waals surface area contributed by atoms with Crippen molar-refractivity contribution in [3.8, 4) is 0 Å². The van der Waals surface area contributed by atoms with Gasteiger partial charge in [-0.05, 0) is 11.1 Å². The Morgan fingerprint density at radius 1 is 0.903 bits per heavy atom. The molecule has 1 heterocycles. The molecule has 0 spiro atoms. The van der Waals surface area contributed by atoms with E-state index in [2.05, 4.69) is 16.0 Å². The minimum Gasteiger partial charge on any atom is -0.467 e. The van der Waals surface area contributed by atoms with Crippen LogP contribution >= 0.6 is 0 Å². The van der Waals surface area contributed by atoms with Gasteiger partial charge in [0, 0.05) is 12.8 Å². The molecule has 0 aromatic heterocycles. The van der Waals surface area contributed by atoms with Gasteiger partial charge in [-0.2, -0.15) is 0 Å². The zero-order valence-corrected chi connectivity index (χ0v) is 17.2. The molecule has 3 rings (SSSR count). The number of carbonyl (C=O) groups is 4. The molecule has 1 aliphatic heterocycles. The lowest BCUT2D eigenvalue weighted by molar-refractivity contribution is -0.145. The quantitative estimate of drug-likeness (QED) is 0.535. The maximum absolute atomic E-state index is 12.5. The van der Waals surface area contributed by atoms with Crippen molar-refractivity contribution in [2.45, 2.75) is 37.4 Å². The summed E-state index contributed by atoms with van der Waals surface area (Å²) >= 11 is 0. The second-order valence-electron chi connectivity index (χ2n) is 7.35. The maximum Gasteiger partial charge on any atom is 0.328 e. The predicted molar refractivity (Wildman–Crippen MR) is 113 cm³/mol. The summed E-state index contributed by atoms with van der Waals surface area (Å²) in [5, 5.41) is 7.89. The highest BCUT2D eigenvalue weighted by molar-refractivity contribution is 5.99. The van der Waals surface area contributed by atoms with Gasteiger partial charge in [0.05, 0.1) is 13.5 Å². The Morgan fingerprint density at radius 3 is 2.06 bits per heavy atom. The second kappa shape index (κ2) is 10.4. The third-order valence-electron chi connectivity index (χ3n) is 5.04. The molecule has 1 fully saturated rings. The number of ether oxygens (including phenoxy) is 1. The zero-order valence-electron chi connectivity index (χ0n) is 17.2. The van der Waals surface area contributed by atoms with Gasteiger partial charge in [0.2, 0.25) is 17.7 Å². The van der Waals surface area contributed by atoms with Crippen LogP contribution in [-0.2, 0) is 36.8 Å². The average Bonchev–Trinajstić information content (AvgIpc) is 2.77. The number of benzene rings is 2. The minimum absolute atomic E-state index is 0.252. The van der Waals surface area contributed by atoms with Crippen LogP contribution in [0.15, 0.2) is 60.7 Å². The molecule has 0 saturated carbocycles. The average molecular weight is 423 g/mol. The first kappa shape index (κ1) is 22.0. The van der Waals surface area contributed by atoms with Crippen molar-refractivity contribution in [1.82, 2.24) is 16.0 Å². The lowest BCUT2D eigenvalue weighted by Crippen LogP contribution is -2.63. The molecule has 0 aliphatic carbocycles. The van der Waals surface area contributed by atoms with Crippen LogP contribution in [-0.4, -0.2) is 48.9 Å². The summed E-state index contributed by atoms with van der Waals surface area (Å²) in [5.74, 6) is -1.91. The van der Waals surface area contributed by atoms with E-state index < -0.39 is 35.9 Å². The van der Waals surface area contributed by atoms with E-state index in [0.29, 0.717) is 6.42 Å². The summed E-state index contributed by atoms with van der Waals surface area (Å²) in [6.45, 7) is 0. The van der Waals surface area contributed by atoms with E-state index in [4.69, 9.17) is 4.74 Å². The van der Waals surface area contributed by atoms with Gasteiger partial charge >= 0.3 is 5.97 Å². The van der Waals surface area contributed by atoms with Crippen LogP contribution in [0.1, 0.15) is 17.5 Å². The molecule has 8 heteroatoms. The molecule has 3 N–H and O–H groups in total. The standard InChI is InChI=1S/C23H25N3O5/c1-31-23(30)19(13-16-10-6-3-7-11-16)24-20(27)14-18-22(29)25-17(21(28)26-18)12-15-8-4-2-5-9-15/h2-11,17-19H,12-14H2,1H3,(H,24,27)(H,25,29)(H,26,28)/t17-,18-,19-/m0/s1. The van der Waals surface area contributed by atoms with E-state index in [9.17, 15) is 19.2 Å². The number of hydrogen-bond donors (Lipinski definition) is 3. The van der Waals surface area contributed by atoms with Crippen LogP contribution in [0.4, 0.5) is 0 Å². The Labute approximate surface area is 180 Å². The molecule has 3 atom stereocenters. The molecule has 31 heavy (non-hydrogen) atoms. The second-order valence-corrected chi connectivity index (χ2v) is 7.35. The molecule has 2 aromatic rings. The lowest BCUT2D eigenvalue weighted by atomic mass is 10.0. The topological polar surface area (TPSA) is 114 Å². The number of esters is 1. The molecule has 0 unspecified atom stereocenters. The van der Waals surface area contributed by atoms with Crippen molar-refractivity contribution in [1.29, 1.82) is 0 Å². The molecule has 0 radical (unpaired) electrons. The van der Waals surface area contributed by atoms with Gasteiger partial charge in [-0.15, -0.1) is 0 Å². The first-order chi connectivity index (χ1) is 15.0. The molecule has 1 saturated heterocycles. The van der Waals surface area contributed by atoms with E-state index in [1.54, 1.807) is 0 Å². The van der Waals surface area contributed by atoms with Crippen LogP contribution in [0.2, 0.25) is 0 Å². The van der Waals surface area contributed by atoms with E-state index in [-0.39, 0.29) is 18.7 Å². The summed E-state index contributed by atoms with van der Waals surface area (Å²) in [4.78, 5) is 49.5. The highest BCUT2D eigenvalue weighted by Crippen LogP contribution is 2.09. The molecular formula is C23H25N3O5. The molecule has 1 aliphatic rings. The van der Waals surface area contributed by atoms with Crippen LogP contribution < -0.4 is 16.0 Å². The van der Waals surface area contributed by atoms with Crippen LogP contribution in [0.5, 0.6) is 0 Å². The monoisotopic (exact) mass is 423 g/mol. The third kappa shape index (κ3) is 6.15. The molecular weight excluding hydrogens is 398 g/mol. The summed E-state index contributed by atoms with van der Waals surface area (Å²) in [6.07, 6.45) is 0.332. The van der Waals surface area contributed by atoms with Crippen LogP contribution in [0.3, 0.4) is 0 Å². The van der Waals surface area contributed by atoms with E-state index in [0.717, 1.165) is 11.1 Å². The molecule has 162 valence electrons. The van der Waals surface area contributed by atoms with Crippen molar-refractivity contribution in [3.63, 3.8) is 0 Å². The van der Waals surface area contributed by atoms with E-state index in [1.165, 1.54) is 7.11 Å². The zero-order chi connectivity index (χ0) is 22.2. The van der Waals surface area contributed by atoms with Crippen molar-refractivity contribution in [2.75, 3.05) is 7.11 Å². The number of methoxy groups -OCH3 is 1. The maximum atomic E-state index is 12.5. The SMILES string of the molecule is COC(=O)[C@H](Cc1ccccc1)NC(=O)C[C@@H]1NC(=O)[C@H](Cc2ccccc2)NC1=O. The van der Waals surface area contributed by atoms with Crippen molar-refractivity contribution >= 4 is 23.7 Å². The third-order valence-corrected chi connectivity index (χ3v) is 5.04. The van der Waals surface area contributed by atoms with Gasteiger partial charge in [-0.3, -0.25) is 14.4 Å².